The molecule has 2 saturated heterocycles. The molecule has 0 unspecified atom stereocenters. The predicted octanol–water partition coefficient (Wildman–Crippen LogP) is 2.56. The minimum Gasteiger partial charge on any atom is -0.376 e. The summed E-state index contributed by atoms with van der Waals surface area (Å²) in [6.07, 6.45) is 0.387. The van der Waals surface area contributed by atoms with Crippen molar-refractivity contribution in [3.8, 4) is 0 Å². The van der Waals surface area contributed by atoms with Crippen LogP contribution >= 0.6 is 0 Å². The third kappa shape index (κ3) is 1.91. The molecule has 17 heavy (non-hydrogen) atoms. The highest BCUT2D eigenvalue weighted by atomic mass is 16.8. The Hall–Kier alpha value is -0.160. The quantitative estimate of drug-likeness (QED) is 0.769. The Balaban J connectivity index is 0.000000861. The van der Waals surface area contributed by atoms with Crippen molar-refractivity contribution in [2.45, 2.75) is 70.9 Å². The van der Waals surface area contributed by atoms with Gasteiger partial charge in [0.15, 0.2) is 12.1 Å². The first-order valence-electron chi connectivity index (χ1n) is 7.42. The van der Waals surface area contributed by atoms with E-state index in [-0.39, 0.29) is 24.1 Å². The Morgan fingerprint density at radius 2 is 1.94 bits per heavy atom. The first-order valence-corrected chi connectivity index (χ1v) is 6.42. The van der Waals surface area contributed by atoms with Crippen molar-refractivity contribution < 1.29 is 21.9 Å². The minimum atomic E-state index is -0.580. The van der Waals surface area contributed by atoms with Gasteiger partial charge in [-0.05, 0) is 26.2 Å². The molecule has 102 valence electrons. The summed E-state index contributed by atoms with van der Waals surface area (Å²) in [6, 6.07) is 0. The third-order valence-electron chi connectivity index (χ3n) is 3.99. The minimum absolute atomic E-state index is 0.0701. The lowest BCUT2D eigenvalue weighted by Crippen LogP contribution is -2.49. The van der Waals surface area contributed by atoms with Crippen LogP contribution in [-0.4, -0.2) is 37.0 Å². The van der Waals surface area contributed by atoms with Gasteiger partial charge in [-0.3, -0.25) is 0 Å². The van der Waals surface area contributed by atoms with Gasteiger partial charge in [-0.15, -0.1) is 0 Å². The van der Waals surface area contributed by atoms with Crippen LogP contribution in [0, 0.1) is 5.92 Å². The lowest BCUT2D eigenvalue weighted by Gasteiger charge is -2.38. The van der Waals surface area contributed by atoms with Gasteiger partial charge < -0.3 is 18.9 Å². The molecule has 4 atom stereocenters. The maximum Gasteiger partial charge on any atom is 0.190 e. The zero-order valence-electron chi connectivity index (χ0n) is 13.6. The molecule has 0 aliphatic carbocycles. The van der Waals surface area contributed by atoms with E-state index < -0.39 is 5.79 Å². The highest BCUT2D eigenvalue weighted by Gasteiger charge is 2.62. The van der Waals surface area contributed by atoms with Crippen LogP contribution in [0.25, 0.3) is 0 Å². The number of methoxy groups -OCH3 is 1. The van der Waals surface area contributed by atoms with Crippen molar-refractivity contribution in [2.75, 3.05) is 7.11 Å². The molecule has 0 aromatic heterocycles. The molecule has 0 radical (unpaired) electrons. The fourth-order valence-corrected chi connectivity index (χ4v) is 3.11. The zero-order valence-corrected chi connectivity index (χ0v) is 11.6. The fourth-order valence-electron chi connectivity index (χ4n) is 3.11. The second-order valence-electron chi connectivity index (χ2n) is 5.71. The highest BCUT2D eigenvalue weighted by molar-refractivity contribution is 5.04. The van der Waals surface area contributed by atoms with Crippen molar-refractivity contribution >= 4 is 0 Å². The molecule has 4 heteroatoms. The molecular weight excluding hydrogens is 220 g/mol. The van der Waals surface area contributed by atoms with Crippen LogP contribution in [0.5, 0.6) is 0 Å². The Kier molecular flexibility index (Phi) is 2.94. The van der Waals surface area contributed by atoms with Gasteiger partial charge in [-0.2, -0.15) is 0 Å². The molecule has 0 amide bonds. The van der Waals surface area contributed by atoms with Crippen molar-refractivity contribution in [3.05, 3.63) is 0 Å². The standard InChI is InChI=1S/C13H24O4.H2/c1-7-13(8(2)3)10(14-6)9-11(17-13)16-12(4,5)15-9;/h8-11H,7H2,1-6H3;1H/t9-,10+,11+,13+;/m1./s1/i;1+1D. The molecule has 2 rings (SSSR count). The molecule has 2 aliphatic rings. The van der Waals surface area contributed by atoms with Gasteiger partial charge in [-0.25, -0.2) is 0 Å². The Labute approximate surface area is 107 Å². The van der Waals surface area contributed by atoms with Gasteiger partial charge in [-0.1, -0.05) is 20.8 Å². The zero-order chi connectivity index (χ0) is 14.8. The number of fused-ring (bicyclic) bond motifs is 1. The molecule has 2 fully saturated rings. The first-order chi connectivity index (χ1) is 8.86. The average molecular weight is 248 g/mol. The van der Waals surface area contributed by atoms with E-state index in [1.54, 1.807) is 7.11 Å². The second kappa shape index (κ2) is 4.19. The SMILES string of the molecule is CC[C@@]1(C(C)C)O[C@@H]2OC(C)(C)O[C@@H]2[C@@H]1OC.[2H][2H]. The number of ether oxygens (including phenoxy) is 4. The monoisotopic (exact) mass is 248 g/mol. The lowest BCUT2D eigenvalue weighted by molar-refractivity contribution is -0.251. The molecule has 0 N–H and O–H groups in total. The van der Waals surface area contributed by atoms with Crippen LogP contribution in [0.3, 0.4) is 0 Å². The third-order valence-corrected chi connectivity index (χ3v) is 3.99. The summed E-state index contributed by atoms with van der Waals surface area (Å²) < 4.78 is 33.5. The van der Waals surface area contributed by atoms with Crippen LogP contribution < -0.4 is 0 Å². The lowest BCUT2D eigenvalue weighted by atomic mass is 9.82. The number of hydrogen-bond acceptors (Lipinski definition) is 4. The molecule has 4 nitrogen and oxygen atoms in total. The van der Waals surface area contributed by atoms with Gasteiger partial charge in [0, 0.05) is 10.1 Å². The molecule has 2 heterocycles. The highest BCUT2D eigenvalue weighted by Crippen LogP contribution is 2.47. The van der Waals surface area contributed by atoms with Crippen LogP contribution in [0.15, 0.2) is 0 Å². The number of rotatable bonds is 3. The van der Waals surface area contributed by atoms with E-state index in [0.29, 0.717) is 5.92 Å². The molecule has 0 spiro atoms. The second-order valence-corrected chi connectivity index (χ2v) is 5.71. The topological polar surface area (TPSA) is 36.9 Å². The van der Waals surface area contributed by atoms with E-state index in [2.05, 4.69) is 20.8 Å². The van der Waals surface area contributed by atoms with Crippen LogP contribution in [0.2, 0.25) is 0 Å². The summed E-state index contributed by atoms with van der Waals surface area (Å²) in [4.78, 5) is 0. The number of hydrogen-bond donors (Lipinski definition) is 0. The summed E-state index contributed by atoms with van der Waals surface area (Å²) in [5, 5.41) is 0. The summed E-state index contributed by atoms with van der Waals surface area (Å²) in [6.45, 7) is 10.2. The van der Waals surface area contributed by atoms with Gasteiger partial charge in [0.1, 0.15) is 17.8 Å². The summed E-state index contributed by atoms with van der Waals surface area (Å²) >= 11 is 0. The van der Waals surface area contributed by atoms with Gasteiger partial charge in [0.25, 0.3) is 0 Å². The van der Waals surface area contributed by atoms with Crippen molar-refractivity contribution in [1.29, 1.82) is 0 Å². The molecule has 2 aliphatic heterocycles. The van der Waals surface area contributed by atoms with Crippen LogP contribution in [-0.2, 0) is 18.9 Å². The summed E-state index contributed by atoms with van der Waals surface area (Å²) in [7, 11) is 1.72. The van der Waals surface area contributed by atoms with Gasteiger partial charge in [0.05, 0.1) is 0 Å². The predicted molar refractivity (Wildman–Crippen MR) is 65.7 cm³/mol. The van der Waals surface area contributed by atoms with Gasteiger partial charge >= 0.3 is 0 Å². The van der Waals surface area contributed by atoms with Crippen LogP contribution in [0.1, 0.15) is 44.0 Å². The Morgan fingerprint density at radius 1 is 1.29 bits per heavy atom. The largest absolute Gasteiger partial charge is 0.376 e. The van der Waals surface area contributed by atoms with E-state index in [0.717, 1.165) is 6.42 Å². The smallest absolute Gasteiger partial charge is 0.190 e. The van der Waals surface area contributed by atoms with E-state index >= 15 is 0 Å². The Bertz CT molecular complexity index is 298. The maximum atomic E-state index is 6.15. The van der Waals surface area contributed by atoms with Crippen molar-refractivity contribution in [2.24, 2.45) is 5.92 Å². The van der Waals surface area contributed by atoms with Crippen molar-refractivity contribution in [3.63, 3.8) is 0 Å². The summed E-state index contributed by atoms with van der Waals surface area (Å²) in [5.74, 6) is -0.221. The van der Waals surface area contributed by atoms with E-state index in [1.165, 1.54) is 0 Å². The molecule has 0 bridgehead atoms. The van der Waals surface area contributed by atoms with Crippen LogP contribution in [0.4, 0.5) is 0 Å². The van der Waals surface area contributed by atoms with E-state index in [9.17, 15) is 0 Å². The Morgan fingerprint density at radius 3 is 2.41 bits per heavy atom. The van der Waals surface area contributed by atoms with E-state index in [1.807, 2.05) is 13.8 Å². The molecular formula is C13H26O4. The fraction of sp³-hybridized carbons (Fsp3) is 1.00. The molecule has 0 saturated carbocycles. The van der Waals surface area contributed by atoms with Gasteiger partial charge in [0.2, 0.25) is 0 Å². The normalized spacial score (nSPS) is 44.8. The molecule has 0 aromatic carbocycles. The maximum absolute atomic E-state index is 6.15. The van der Waals surface area contributed by atoms with E-state index in [4.69, 9.17) is 21.9 Å². The molecule has 0 aromatic rings. The van der Waals surface area contributed by atoms with Crippen molar-refractivity contribution in [1.82, 2.24) is 0 Å². The summed E-state index contributed by atoms with van der Waals surface area (Å²) in [5.41, 5.74) is -0.305. The average Bonchev–Trinajstić information content (AvgIpc) is 2.80. The first kappa shape index (κ1) is 11.9.